The molecule has 2 unspecified atom stereocenters. The second kappa shape index (κ2) is 8.99. The number of methoxy groups -OCH3 is 1. The van der Waals surface area contributed by atoms with Crippen molar-refractivity contribution in [1.82, 2.24) is 0 Å². The van der Waals surface area contributed by atoms with Crippen LogP contribution in [0.4, 0.5) is 0 Å². The van der Waals surface area contributed by atoms with E-state index in [1.807, 2.05) is 6.92 Å². The highest BCUT2D eigenvalue weighted by atomic mass is 79.9. The van der Waals surface area contributed by atoms with Crippen molar-refractivity contribution < 1.29 is 29.2 Å². The molecule has 118 valence electrons. The van der Waals surface area contributed by atoms with Crippen LogP contribution in [0, 0.1) is 0 Å². The predicted octanol–water partition coefficient (Wildman–Crippen LogP) is 1.94. The third-order valence-corrected chi connectivity index (χ3v) is 3.24. The number of aliphatic hydroxyl groups excluding tert-OH is 1. The molecule has 2 atom stereocenters. The summed E-state index contributed by atoms with van der Waals surface area (Å²) < 4.78 is 16.3. The third-order valence-electron chi connectivity index (χ3n) is 2.58. The number of carboxylic acids is 1. The second-order valence-electron chi connectivity index (χ2n) is 4.51. The fraction of sp³-hybridized carbons (Fsp3) is 0.500. The van der Waals surface area contributed by atoms with E-state index in [1.54, 1.807) is 13.2 Å². The highest BCUT2D eigenvalue weighted by molar-refractivity contribution is 9.10. The number of aliphatic hydroxyl groups is 1. The predicted molar refractivity (Wildman–Crippen MR) is 79.9 cm³/mol. The lowest BCUT2D eigenvalue weighted by Gasteiger charge is -2.17. The fourth-order valence-corrected chi connectivity index (χ4v) is 1.90. The Morgan fingerprint density at radius 1 is 1.33 bits per heavy atom. The first-order valence-electron chi connectivity index (χ1n) is 6.38. The molecule has 0 saturated heterocycles. The van der Waals surface area contributed by atoms with Gasteiger partial charge in [0.05, 0.1) is 29.4 Å². The number of hydrogen-bond donors (Lipinski definition) is 2. The van der Waals surface area contributed by atoms with Gasteiger partial charge in [-0.15, -0.1) is 0 Å². The molecule has 0 amide bonds. The van der Waals surface area contributed by atoms with Crippen molar-refractivity contribution in [3.63, 3.8) is 0 Å². The van der Waals surface area contributed by atoms with Gasteiger partial charge < -0.3 is 24.4 Å². The van der Waals surface area contributed by atoms with Gasteiger partial charge in [-0.3, -0.25) is 0 Å². The molecule has 0 aromatic heterocycles. The van der Waals surface area contributed by atoms with E-state index < -0.39 is 12.1 Å². The lowest BCUT2D eigenvalue weighted by Crippen LogP contribution is -2.27. The number of aromatic carboxylic acids is 1. The van der Waals surface area contributed by atoms with E-state index >= 15 is 0 Å². The maximum absolute atomic E-state index is 10.9. The van der Waals surface area contributed by atoms with Gasteiger partial charge in [0.2, 0.25) is 0 Å². The van der Waals surface area contributed by atoms with Gasteiger partial charge in [0.1, 0.15) is 18.5 Å². The Bertz CT molecular complexity index is 465. The largest absolute Gasteiger partial charge is 0.490 e. The molecular formula is C14H19BrO6. The van der Waals surface area contributed by atoms with Crippen LogP contribution >= 0.6 is 15.9 Å². The molecule has 0 aliphatic rings. The van der Waals surface area contributed by atoms with E-state index in [-0.39, 0.29) is 24.9 Å². The summed E-state index contributed by atoms with van der Waals surface area (Å²) in [5.41, 5.74) is 0.118. The van der Waals surface area contributed by atoms with Gasteiger partial charge in [-0.05, 0) is 41.1 Å². The van der Waals surface area contributed by atoms with E-state index in [2.05, 4.69) is 15.9 Å². The molecule has 6 nitrogen and oxygen atoms in total. The number of halogens is 1. The van der Waals surface area contributed by atoms with E-state index in [1.165, 1.54) is 12.1 Å². The Labute approximate surface area is 131 Å². The number of hydrogen-bond acceptors (Lipinski definition) is 5. The first kappa shape index (κ1) is 17.9. The molecule has 2 N–H and O–H groups in total. The highest BCUT2D eigenvalue weighted by Crippen LogP contribution is 2.26. The third kappa shape index (κ3) is 6.43. The smallest absolute Gasteiger partial charge is 0.335 e. The maximum atomic E-state index is 10.9. The number of benzene rings is 1. The SMILES string of the molecule is COCC(C)OCC(O)COc1cc(C(=O)O)ccc1Br. The normalized spacial score (nSPS) is 13.7. The quantitative estimate of drug-likeness (QED) is 0.698. The van der Waals surface area contributed by atoms with Crippen molar-refractivity contribution in [2.24, 2.45) is 0 Å². The molecule has 0 aliphatic carbocycles. The van der Waals surface area contributed by atoms with Gasteiger partial charge in [-0.1, -0.05) is 0 Å². The zero-order chi connectivity index (χ0) is 15.8. The van der Waals surface area contributed by atoms with Gasteiger partial charge >= 0.3 is 5.97 Å². The minimum atomic E-state index is -1.04. The van der Waals surface area contributed by atoms with Crippen molar-refractivity contribution in [3.8, 4) is 5.75 Å². The molecule has 0 heterocycles. The lowest BCUT2D eigenvalue weighted by molar-refractivity contribution is -0.0423. The van der Waals surface area contributed by atoms with Crippen LogP contribution < -0.4 is 4.74 Å². The molecule has 1 aromatic carbocycles. The van der Waals surface area contributed by atoms with Crippen LogP contribution in [0.25, 0.3) is 0 Å². The van der Waals surface area contributed by atoms with E-state index in [0.717, 1.165) is 0 Å². The van der Waals surface area contributed by atoms with Crippen LogP contribution in [0.3, 0.4) is 0 Å². The highest BCUT2D eigenvalue weighted by Gasteiger charge is 2.12. The zero-order valence-corrected chi connectivity index (χ0v) is 13.5. The number of carbonyl (C=O) groups is 1. The average molecular weight is 363 g/mol. The summed E-state index contributed by atoms with van der Waals surface area (Å²) in [6.45, 7) is 2.39. The first-order chi connectivity index (χ1) is 9.93. The van der Waals surface area contributed by atoms with Crippen LogP contribution in [0.1, 0.15) is 17.3 Å². The minimum absolute atomic E-state index is 0.00136. The monoisotopic (exact) mass is 362 g/mol. The summed E-state index contributed by atoms with van der Waals surface area (Å²) in [6, 6.07) is 4.45. The number of carboxylic acid groups (broad SMARTS) is 1. The maximum Gasteiger partial charge on any atom is 0.335 e. The number of ether oxygens (including phenoxy) is 3. The van der Waals surface area contributed by atoms with Crippen LogP contribution in [0.2, 0.25) is 0 Å². The molecule has 0 aliphatic heterocycles. The van der Waals surface area contributed by atoms with Crippen LogP contribution in [-0.2, 0) is 9.47 Å². The van der Waals surface area contributed by atoms with Crippen LogP contribution in [0.5, 0.6) is 5.75 Å². The van der Waals surface area contributed by atoms with Gasteiger partial charge in [-0.2, -0.15) is 0 Å². The van der Waals surface area contributed by atoms with Crippen molar-refractivity contribution in [2.75, 3.05) is 26.9 Å². The first-order valence-corrected chi connectivity index (χ1v) is 7.17. The molecule has 7 heteroatoms. The van der Waals surface area contributed by atoms with Crippen molar-refractivity contribution in [1.29, 1.82) is 0 Å². The summed E-state index contributed by atoms with van der Waals surface area (Å²) in [4.78, 5) is 10.9. The second-order valence-corrected chi connectivity index (χ2v) is 5.37. The fourth-order valence-electron chi connectivity index (χ4n) is 1.54. The van der Waals surface area contributed by atoms with Gasteiger partial charge in [0.15, 0.2) is 0 Å². The summed E-state index contributed by atoms with van der Waals surface area (Å²) >= 11 is 3.27. The molecule has 0 fully saturated rings. The van der Waals surface area contributed by atoms with Crippen LogP contribution in [-0.4, -0.2) is 55.3 Å². The van der Waals surface area contributed by atoms with Gasteiger partial charge in [0.25, 0.3) is 0 Å². The summed E-state index contributed by atoms with van der Waals surface area (Å²) in [5, 5.41) is 18.7. The summed E-state index contributed by atoms with van der Waals surface area (Å²) in [7, 11) is 1.58. The molecule has 0 radical (unpaired) electrons. The molecule has 0 saturated carbocycles. The Morgan fingerprint density at radius 3 is 2.67 bits per heavy atom. The topological polar surface area (TPSA) is 85.2 Å². The average Bonchev–Trinajstić information content (AvgIpc) is 2.44. The Hall–Kier alpha value is -1.15. The van der Waals surface area contributed by atoms with Crippen molar-refractivity contribution in [3.05, 3.63) is 28.2 Å². The molecule has 1 rings (SSSR count). The molecule has 0 spiro atoms. The Kier molecular flexibility index (Phi) is 7.66. The van der Waals surface area contributed by atoms with Crippen molar-refractivity contribution in [2.45, 2.75) is 19.1 Å². The van der Waals surface area contributed by atoms with Gasteiger partial charge in [0, 0.05) is 7.11 Å². The lowest BCUT2D eigenvalue weighted by atomic mass is 10.2. The zero-order valence-electron chi connectivity index (χ0n) is 11.9. The summed E-state index contributed by atoms with van der Waals surface area (Å²) in [6.07, 6.45) is -0.934. The Morgan fingerprint density at radius 2 is 2.05 bits per heavy atom. The summed E-state index contributed by atoms with van der Waals surface area (Å²) in [5.74, 6) is -0.677. The van der Waals surface area contributed by atoms with Gasteiger partial charge in [-0.25, -0.2) is 4.79 Å². The van der Waals surface area contributed by atoms with Crippen molar-refractivity contribution >= 4 is 21.9 Å². The molecule has 21 heavy (non-hydrogen) atoms. The Balaban J connectivity index is 2.47. The van der Waals surface area contributed by atoms with E-state index in [0.29, 0.717) is 16.8 Å². The molecular weight excluding hydrogens is 344 g/mol. The number of rotatable bonds is 9. The van der Waals surface area contributed by atoms with Crippen LogP contribution in [0.15, 0.2) is 22.7 Å². The molecule has 0 bridgehead atoms. The minimum Gasteiger partial charge on any atom is -0.490 e. The van der Waals surface area contributed by atoms with E-state index in [9.17, 15) is 9.90 Å². The van der Waals surface area contributed by atoms with E-state index in [4.69, 9.17) is 19.3 Å². The molecule has 1 aromatic rings. The standard InChI is InChI=1S/C14H19BrO6/c1-9(6-19-2)20-7-11(16)8-21-13-5-10(14(17)18)3-4-12(13)15/h3-5,9,11,16H,6-8H2,1-2H3,(H,17,18).